The van der Waals surface area contributed by atoms with E-state index < -0.39 is 17.0 Å². The van der Waals surface area contributed by atoms with Gasteiger partial charge in [-0.1, -0.05) is 155 Å². The summed E-state index contributed by atoms with van der Waals surface area (Å²) in [4.78, 5) is 12.7. The first-order valence-electron chi connectivity index (χ1n) is 17.7. The predicted octanol–water partition coefficient (Wildman–Crippen LogP) is 11.2. The Balaban J connectivity index is 2.14. The number of carbonyl (C=O) groups excluding carboxylic acids is 1. The van der Waals surface area contributed by atoms with E-state index in [9.17, 15) is 13.6 Å². The van der Waals surface area contributed by atoms with E-state index in [4.69, 9.17) is 14.2 Å². The zero-order valence-electron chi connectivity index (χ0n) is 27.7. The van der Waals surface area contributed by atoms with E-state index >= 15 is 0 Å². The number of esters is 1. The van der Waals surface area contributed by atoms with Gasteiger partial charge in [-0.2, -0.15) is 0 Å². The van der Waals surface area contributed by atoms with Gasteiger partial charge in [0.15, 0.2) is 17.9 Å². The maximum atomic E-state index is 12.6. The normalized spacial score (nSPS) is 12.0. The molecule has 0 aliphatic carbocycles. The average Bonchev–Trinajstić information content (AvgIpc) is 3.01. The van der Waals surface area contributed by atoms with Crippen LogP contribution in [0.1, 0.15) is 178 Å². The van der Waals surface area contributed by atoms with Crippen LogP contribution in [0, 0.1) is 0 Å². The molecule has 1 atom stereocenters. The number of benzene rings is 1. The molecule has 0 fully saturated rings. The number of ether oxygens (including phenoxy) is 3. The highest BCUT2D eigenvalue weighted by Crippen LogP contribution is 2.21. The van der Waals surface area contributed by atoms with Gasteiger partial charge in [-0.25, -0.2) is 9.00 Å². The van der Waals surface area contributed by atoms with E-state index in [1.165, 1.54) is 134 Å². The number of unbranched alkanes of at least 4 members (excludes halogenated alkanes) is 22. The van der Waals surface area contributed by atoms with Gasteiger partial charge in [0.2, 0.25) is 0 Å². The maximum absolute atomic E-state index is 12.6. The lowest BCUT2D eigenvalue weighted by atomic mass is 10.1. The molecular formula is C36H64O6S. The van der Waals surface area contributed by atoms with E-state index in [2.05, 4.69) is 13.8 Å². The second-order valence-corrected chi connectivity index (χ2v) is 13.0. The highest BCUT2D eigenvalue weighted by Gasteiger charge is 2.13. The number of rotatable bonds is 31. The van der Waals surface area contributed by atoms with Gasteiger partial charge in [0.05, 0.1) is 23.7 Å². The Bertz CT molecular complexity index is 815. The van der Waals surface area contributed by atoms with Crippen molar-refractivity contribution in [3.05, 3.63) is 23.8 Å². The molecule has 0 bridgehead atoms. The zero-order valence-corrected chi connectivity index (χ0v) is 28.5. The van der Waals surface area contributed by atoms with Crippen LogP contribution in [0.25, 0.3) is 0 Å². The van der Waals surface area contributed by atoms with Crippen LogP contribution >= 0.6 is 0 Å². The third kappa shape index (κ3) is 23.6. The number of carbonyl (C=O) groups is 1. The summed E-state index contributed by atoms with van der Waals surface area (Å²) in [6, 6.07) is 4.40. The summed E-state index contributed by atoms with van der Waals surface area (Å²) in [6.07, 6.45) is 30.5. The summed E-state index contributed by atoms with van der Waals surface area (Å²) in [5, 5.41) is 0. The largest absolute Gasteiger partial charge is 0.467 e. The van der Waals surface area contributed by atoms with Crippen molar-refractivity contribution in [2.45, 2.75) is 173 Å². The summed E-state index contributed by atoms with van der Waals surface area (Å²) in [5.41, 5.74) is 0.217. The first kappa shape index (κ1) is 39.6. The van der Waals surface area contributed by atoms with Gasteiger partial charge in [0.25, 0.3) is 0 Å². The van der Waals surface area contributed by atoms with Gasteiger partial charge in [-0.05, 0) is 31.0 Å². The molecule has 0 aliphatic rings. The van der Waals surface area contributed by atoms with E-state index in [1.54, 1.807) is 6.07 Å². The van der Waals surface area contributed by atoms with Gasteiger partial charge in [0.1, 0.15) is 5.75 Å². The zero-order chi connectivity index (χ0) is 31.2. The summed E-state index contributed by atoms with van der Waals surface area (Å²) < 4.78 is 38.0. The first-order valence-corrected chi connectivity index (χ1v) is 18.8. The fourth-order valence-corrected chi connectivity index (χ4v) is 5.72. The Kier molecular flexibility index (Phi) is 27.0. The minimum absolute atomic E-state index is 0.0346. The lowest BCUT2D eigenvalue weighted by Gasteiger charge is -2.11. The van der Waals surface area contributed by atoms with Crippen LogP contribution in [0.15, 0.2) is 23.1 Å². The van der Waals surface area contributed by atoms with E-state index in [0.717, 1.165) is 32.1 Å². The van der Waals surface area contributed by atoms with Gasteiger partial charge in [0, 0.05) is 0 Å². The molecule has 1 rings (SSSR count). The average molecular weight is 625 g/mol. The molecule has 43 heavy (non-hydrogen) atoms. The summed E-state index contributed by atoms with van der Waals surface area (Å²) in [7, 11) is 0. The molecule has 0 spiro atoms. The highest BCUT2D eigenvalue weighted by atomic mass is 32.2. The summed E-state index contributed by atoms with van der Waals surface area (Å²) >= 11 is -2.23. The number of hydrogen-bond acceptors (Lipinski definition) is 5. The van der Waals surface area contributed by atoms with Crippen molar-refractivity contribution >= 4 is 17.0 Å². The van der Waals surface area contributed by atoms with Crippen LogP contribution in [0.2, 0.25) is 0 Å². The fraction of sp³-hybridized carbons (Fsp3) is 0.806. The molecule has 0 saturated heterocycles. The molecule has 0 saturated carbocycles. The molecular weight excluding hydrogens is 560 g/mol. The smallest absolute Gasteiger partial charge is 0.338 e. The van der Waals surface area contributed by atoms with E-state index in [1.807, 2.05) is 0 Å². The van der Waals surface area contributed by atoms with Gasteiger partial charge in [-0.3, -0.25) is 0 Å². The van der Waals surface area contributed by atoms with Crippen LogP contribution in [-0.2, 0) is 20.6 Å². The van der Waals surface area contributed by atoms with Crippen molar-refractivity contribution in [3.63, 3.8) is 0 Å². The van der Waals surface area contributed by atoms with E-state index in [-0.39, 0.29) is 17.3 Å². The third-order valence-electron chi connectivity index (χ3n) is 8.00. The van der Waals surface area contributed by atoms with Crippen molar-refractivity contribution in [2.75, 3.05) is 20.0 Å². The third-order valence-corrected chi connectivity index (χ3v) is 8.64. The molecule has 0 radical (unpaired) electrons. The Morgan fingerprint density at radius 2 is 1.02 bits per heavy atom. The van der Waals surface area contributed by atoms with E-state index in [0.29, 0.717) is 19.0 Å². The summed E-state index contributed by atoms with van der Waals surface area (Å²) in [6.45, 7) is 5.50. The van der Waals surface area contributed by atoms with Gasteiger partial charge in [-0.15, -0.1) is 0 Å². The Labute approximate surface area is 266 Å². The van der Waals surface area contributed by atoms with Crippen LogP contribution in [0.4, 0.5) is 0 Å². The lowest BCUT2D eigenvalue weighted by Crippen LogP contribution is -2.09. The maximum Gasteiger partial charge on any atom is 0.338 e. The quantitative estimate of drug-likeness (QED) is 0.0383. The predicted molar refractivity (Wildman–Crippen MR) is 179 cm³/mol. The molecule has 6 nitrogen and oxygen atoms in total. The minimum atomic E-state index is -2.23. The van der Waals surface area contributed by atoms with Crippen LogP contribution < -0.4 is 4.74 Å². The lowest BCUT2D eigenvalue weighted by molar-refractivity contribution is 0.0132. The van der Waals surface area contributed by atoms with Gasteiger partial charge >= 0.3 is 5.97 Å². The minimum Gasteiger partial charge on any atom is -0.467 e. The molecule has 0 aromatic heterocycles. The standard InChI is InChI=1S/C36H64O6S/c1-3-5-7-9-11-13-15-17-19-21-23-25-27-40-32-42-34-29-33(30-35(31-34)43(38)39)36(37)41-28-26-24-22-20-18-16-14-12-10-8-6-4-2/h29-31H,3-28,32H2,1-2H3,(H,38,39). The van der Waals surface area contributed by atoms with Crippen LogP contribution in [0.3, 0.4) is 0 Å². The highest BCUT2D eigenvalue weighted by molar-refractivity contribution is 7.79. The number of hydrogen-bond donors (Lipinski definition) is 1. The molecule has 250 valence electrons. The van der Waals surface area contributed by atoms with Crippen molar-refractivity contribution < 1.29 is 27.8 Å². The fourth-order valence-electron chi connectivity index (χ4n) is 5.28. The van der Waals surface area contributed by atoms with Crippen molar-refractivity contribution in [2.24, 2.45) is 0 Å². The second kappa shape index (κ2) is 29.3. The van der Waals surface area contributed by atoms with Crippen molar-refractivity contribution in [1.29, 1.82) is 0 Å². The SMILES string of the molecule is CCCCCCCCCCCCCCOCOc1cc(C(=O)OCCCCCCCCCCCCCC)cc(S(=O)O)c1. The van der Waals surface area contributed by atoms with Crippen LogP contribution in [-0.4, -0.2) is 34.7 Å². The first-order chi connectivity index (χ1) is 21.1. The molecule has 7 heteroatoms. The van der Waals surface area contributed by atoms with Crippen LogP contribution in [0.5, 0.6) is 5.75 Å². The summed E-state index contributed by atoms with van der Waals surface area (Å²) in [5.74, 6) is -0.176. The molecule has 1 aromatic rings. The molecule has 0 amide bonds. The molecule has 0 heterocycles. The second-order valence-electron chi connectivity index (χ2n) is 12.0. The Hall–Kier alpha value is -1.44. The molecule has 1 unspecified atom stereocenters. The molecule has 0 aliphatic heterocycles. The van der Waals surface area contributed by atoms with Crippen molar-refractivity contribution in [1.82, 2.24) is 0 Å². The molecule has 1 aromatic carbocycles. The molecule has 1 N–H and O–H groups in total. The van der Waals surface area contributed by atoms with Gasteiger partial charge < -0.3 is 18.8 Å². The Morgan fingerprint density at radius 1 is 0.605 bits per heavy atom. The Morgan fingerprint density at radius 3 is 1.47 bits per heavy atom. The monoisotopic (exact) mass is 624 g/mol. The van der Waals surface area contributed by atoms with Crippen molar-refractivity contribution in [3.8, 4) is 5.75 Å². The topological polar surface area (TPSA) is 82.1 Å².